The third kappa shape index (κ3) is 3.57. The average molecular weight is 288 g/mol. The lowest BCUT2D eigenvalue weighted by Gasteiger charge is -2.23. The molecule has 0 heteroatoms. The van der Waals surface area contributed by atoms with Crippen LogP contribution in [-0.2, 0) is 0 Å². The van der Waals surface area contributed by atoms with E-state index in [2.05, 4.69) is 86.7 Å². The van der Waals surface area contributed by atoms with Crippen LogP contribution in [0.25, 0.3) is 0 Å². The van der Waals surface area contributed by atoms with Gasteiger partial charge in [0, 0.05) is 11.8 Å². The van der Waals surface area contributed by atoms with E-state index in [1.54, 1.807) is 0 Å². The lowest BCUT2D eigenvalue weighted by molar-refractivity contribution is 0.739. The standard InChI is InChI=1S/C22H24/c1-17-13-21(19-9-5-3-6-10-19)15-18(2)16-22(14-17)20-11-7-4-8-12-20/h3-13,16,21-22H,14-15H2,1-2H3/b17-13-,18-16-/t21-,22+/m1/s1. The van der Waals surface area contributed by atoms with Crippen molar-refractivity contribution in [3.8, 4) is 0 Å². The third-order valence-corrected chi connectivity index (χ3v) is 4.51. The molecule has 0 saturated heterocycles. The van der Waals surface area contributed by atoms with Gasteiger partial charge in [0.2, 0.25) is 0 Å². The van der Waals surface area contributed by atoms with Crippen LogP contribution in [0, 0.1) is 0 Å². The van der Waals surface area contributed by atoms with Crippen molar-refractivity contribution in [2.75, 3.05) is 0 Å². The summed E-state index contributed by atoms with van der Waals surface area (Å²) in [6.45, 7) is 4.56. The minimum atomic E-state index is 0.508. The van der Waals surface area contributed by atoms with Crippen LogP contribution in [0.1, 0.15) is 49.7 Å². The van der Waals surface area contributed by atoms with E-state index in [1.165, 1.54) is 22.3 Å². The quantitative estimate of drug-likeness (QED) is 0.574. The second kappa shape index (κ2) is 6.79. The van der Waals surface area contributed by atoms with E-state index in [1.807, 2.05) is 0 Å². The lowest BCUT2D eigenvalue weighted by Crippen LogP contribution is -2.05. The van der Waals surface area contributed by atoms with Crippen LogP contribution < -0.4 is 0 Å². The largest absolute Gasteiger partial charge is 0.0777 e. The van der Waals surface area contributed by atoms with Gasteiger partial charge in [-0.05, 0) is 37.8 Å². The SMILES string of the molecule is C/C1=C/[C@@H](c2ccccc2)C/C(C)=C\[C@@H](c2ccccc2)C1. The zero-order valence-corrected chi connectivity index (χ0v) is 13.5. The molecule has 0 bridgehead atoms. The first kappa shape index (κ1) is 14.8. The van der Waals surface area contributed by atoms with Crippen LogP contribution in [0.4, 0.5) is 0 Å². The summed E-state index contributed by atoms with van der Waals surface area (Å²) < 4.78 is 0. The predicted molar refractivity (Wildman–Crippen MR) is 95.1 cm³/mol. The molecule has 22 heavy (non-hydrogen) atoms. The summed E-state index contributed by atoms with van der Waals surface area (Å²) >= 11 is 0. The van der Waals surface area contributed by atoms with Crippen LogP contribution in [0.2, 0.25) is 0 Å². The van der Waals surface area contributed by atoms with E-state index < -0.39 is 0 Å². The second-order valence-corrected chi connectivity index (χ2v) is 6.47. The van der Waals surface area contributed by atoms with Gasteiger partial charge in [-0.25, -0.2) is 0 Å². The zero-order chi connectivity index (χ0) is 15.4. The minimum Gasteiger partial charge on any atom is -0.0777 e. The molecule has 112 valence electrons. The van der Waals surface area contributed by atoms with E-state index in [0.29, 0.717) is 11.8 Å². The summed E-state index contributed by atoms with van der Waals surface area (Å²) in [5, 5.41) is 0. The summed E-state index contributed by atoms with van der Waals surface area (Å²) in [6.07, 6.45) is 7.18. The molecule has 3 rings (SSSR count). The first-order valence-corrected chi connectivity index (χ1v) is 8.17. The fourth-order valence-electron chi connectivity index (χ4n) is 3.46. The fraction of sp³-hybridized carbons (Fsp3) is 0.273. The van der Waals surface area contributed by atoms with Crippen molar-refractivity contribution in [2.24, 2.45) is 0 Å². The van der Waals surface area contributed by atoms with Crippen molar-refractivity contribution in [1.29, 1.82) is 0 Å². The molecular weight excluding hydrogens is 264 g/mol. The Bertz CT molecular complexity index is 600. The number of hydrogen-bond acceptors (Lipinski definition) is 0. The van der Waals surface area contributed by atoms with Crippen molar-refractivity contribution < 1.29 is 0 Å². The van der Waals surface area contributed by atoms with Crippen LogP contribution in [0.3, 0.4) is 0 Å². The Balaban J connectivity index is 1.88. The van der Waals surface area contributed by atoms with Crippen LogP contribution in [0.5, 0.6) is 0 Å². The topological polar surface area (TPSA) is 0 Å². The van der Waals surface area contributed by atoms with E-state index in [0.717, 1.165) is 12.8 Å². The first-order chi connectivity index (χ1) is 10.7. The Kier molecular flexibility index (Phi) is 4.58. The molecule has 2 aromatic rings. The van der Waals surface area contributed by atoms with E-state index in [9.17, 15) is 0 Å². The number of allylic oxidation sites excluding steroid dienone is 4. The highest BCUT2D eigenvalue weighted by Gasteiger charge is 2.17. The van der Waals surface area contributed by atoms with Crippen molar-refractivity contribution in [3.05, 3.63) is 95.1 Å². The van der Waals surface area contributed by atoms with Gasteiger partial charge < -0.3 is 0 Å². The minimum absolute atomic E-state index is 0.508. The Labute approximate surface area is 134 Å². The maximum Gasteiger partial charge on any atom is 0.00576 e. The third-order valence-electron chi connectivity index (χ3n) is 4.51. The summed E-state index contributed by atoms with van der Waals surface area (Å²) in [5.41, 5.74) is 5.83. The molecule has 0 unspecified atom stereocenters. The normalized spacial score (nSPS) is 27.0. The highest BCUT2D eigenvalue weighted by Crippen LogP contribution is 2.34. The number of hydrogen-bond donors (Lipinski definition) is 0. The van der Waals surface area contributed by atoms with Crippen LogP contribution in [-0.4, -0.2) is 0 Å². The molecule has 0 N–H and O–H groups in total. The zero-order valence-electron chi connectivity index (χ0n) is 13.5. The summed E-state index contributed by atoms with van der Waals surface area (Å²) in [6, 6.07) is 21.7. The molecule has 0 nitrogen and oxygen atoms in total. The molecule has 2 atom stereocenters. The molecule has 0 fully saturated rings. The Hall–Kier alpha value is -2.08. The highest BCUT2D eigenvalue weighted by molar-refractivity contribution is 5.33. The van der Waals surface area contributed by atoms with Gasteiger partial charge in [0.25, 0.3) is 0 Å². The van der Waals surface area contributed by atoms with Crippen molar-refractivity contribution in [1.82, 2.24) is 0 Å². The fourth-order valence-corrected chi connectivity index (χ4v) is 3.46. The summed E-state index contributed by atoms with van der Waals surface area (Å²) in [7, 11) is 0. The van der Waals surface area contributed by atoms with Crippen LogP contribution in [0.15, 0.2) is 84.0 Å². The molecule has 0 aromatic heterocycles. The smallest absolute Gasteiger partial charge is 0.00576 e. The van der Waals surface area contributed by atoms with Crippen molar-refractivity contribution in [2.45, 2.75) is 38.5 Å². The maximum atomic E-state index is 2.47. The van der Waals surface area contributed by atoms with Crippen molar-refractivity contribution in [3.63, 3.8) is 0 Å². The molecular formula is C22H24. The number of rotatable bonds is 2. The molecule has 0 heterocycles. The average Bonchev–Trinajstić information content (AvgIpc) is 2.54. The maximum absolute atomic E-state index is 2.47. The molecule has 2 aromatic carbocycles. The van der Waals surface area contributed by atoms with Gasteiger partial charge in [-0.3, -0.25) is 0 Å². The predicted octanol–water partition coefficient (Wildman–Crippen LogP) is 6.24. The van der Waals surface area contributed by atoms with Gasteiger partial charge >= 0.3 is 0 Å². The number of benzene rings is 2. The summed E-state index contributed by atoms with van der Waals surface area (Å²) in [4.78, 5) is 0. The molecule has 0 spiro atoms. The second-order valence-electron chi connectivity index (χ2n) is 6.47. The molecule has 1 aliphatic rings. The van der Waals surface area contributed by atoms with Gasteiger partial charge in [0.1, 0.15) is 0 Å². The summed E-state index contributed by atoms with van der Waals surface area (Å²) in [5.74, 6) is 1.02. The van der Waals surface area contributed by atoms with E-state index in [4.69, 9.17) is 0 Å². The van der Waals surface area contributed by atoms with Crippen LogP contribution >= 0.6 is 0 Å². The first-order valence-electron chi connectivity index (χ1n) is 8.17. The molecule has 1 aliphatic carbocycles. The van der Waals surface area contributed by atoms with Gasteiger partial charge in [-0.2, -0.15) is 0 Å². The molecule has 0 radical (unpaired) electrons. The van der Waals surface area contributed by atoms with E-state index in [-0.39, 0.29) is 0 Å². The monoisotopic (exact) mass is 288 g/mol. The molecule has 0 amide bonds. The van der Waals surface area contributed by atoms with Gasteiger partial charge in [-0.1, -0.05) is 84.0 Å². The van der Waals surface area contributed by atoms with Gasteiger partial charge in [-0.15, -0.1) is 0 Å². The van der Waals surface area contributed by atoms with Gasteiger partial charge in [0.05, 0.1) is 0 Å². The Morgan fingerprint density at radius 3 is 1.32 bits per heavy atom. The highest BCUT2D eigenvalue weighted by atomic mass is 14.2. The Morgan fingerprint density at radius 1 is 0.591 bits per heavy atom. The van der Waals surface area contributed by atoms with Gasteiger partial charge in [0.15, 0.2) is 0 Å². The lowest BCUT2D eigenvalue weighted by atomic mass is 9.82. The molecule has 0 aliphatic heterocycles. The Morgan fingerprint density at radius 2 is 0.955 bits per heavy atom. The molecule has 0 saturated carbocycles. The van der Waals surface area contributed by atoms with Crippen molar-refractivity contribution >= 4 is 0 Å². The van der Waals surface area contributed by atoms with E-state index >= 15 is 0 Å².